The summed E-state index contributed by atoms with van der Waals surface area (Å²) in [5, 5.41) is 6.96. The minimum atomic E-state index is 0.402. The largest absolute Gasteiger partial charge is 0.496 e. The molecule has 0 unspecified atom stereocenters. The molecule has 0 saturated heterocycles. The van der Waals surface area contributed by atoms with Crippen LogP contribution in [-0.2, 0) is 0 Å². The van der Waals surface area contributed by atoms with Crippen LogP contribution in [0, 0.1) is 6.92 Å². The Labute approximate surface area is 107 Å². The number of hydrogen-bond donors (Lipinski definition) is 2. The van der Waals surface area contributed by atoms with Gasteiger partial charge in [-0.1, -0.05) is 26.0 Å². The summed E-state index contributed by atoms with van der Waals surface area (Å²) in [4.78, 5) is 0. The molecular formula is C14H19N3O. The number of nitrogen functional groups attached to an aromatic ring is 1. The van der Waals surface area contributed by atoms with Crippen molar-refractivity contribution >= 4 is 5.82 Å². The van der Waals surface area contributed by atoms with E-state index in [1.807, 2.05) is 13.0 Å². The lowest BCUT2D eigenvalue weighted by Gasteiger charge is -2.17. The van der Waals surface area contributed by atoms with Crippen LogP contribution in [0.3, 0.4) is 0 Å². The fourth-order valence-corrected chi connectivity index (χ4v) is 2.19. The summed E-state index contributed by atoms with van der Waals surface area (Å²) >= 11 is 0. The lowest BCUT2D eigenvalue weighted by molar-refractivity contribution is 0.412. The van der Waals surface area contributed by atoms with Crippen LogP contribution in [0.5, 0.6) is 5.75 Å². The fraction of sp³-hybridized carbons (Fsp3) is 0.357. The molecule has 0 aliphatic heterocycles. The summed E-state index contributed by atoms with van der Waals surface area (Å²) < 4.78 is 5.54. The normalized spacial score (nSPS) is 10.9. The molecule has 0 spiro atoms. The molecule has 0 aliphatic rings. The maximum atomic E-state index is 5.69. The zero-order chi connectivity index (χ0) is 13.3. The predicted octanol–water partition coefficient (Wildman–Crippen LogP) is 3.10. The van der Waals surface area contributed by atoms with Gasteiger partial charge in [0, 0.05) is 11.6 Å². The lowest BCUT2D eigenvalue weighted by Crippen LogP contribution is -1.99. The molecule has 1 aromatic heterocycles. The number of nitrogens with one attached hydrogen (secondary N) is 1. The Hall–Kier alpha value is -1.97. The van der Waals surface area contributed by atoms with Crippen LogP contribution in [0.15, 0.2) is 18.2 Å². The number of hydrogen-bond acceptors (Lipinski definition) is 3. The molecule has 0 radical (unpaired) electrons. The average molecular weight is 245 g/mol. The summed E-state index contributed by atoms with van der Waals surface area (Å²) in [6.07, 6.45) is 0. The van der Waals surface area contributed by atoms with Gasteiger partial charge in [0.15, 0.2) is 0 Å². The third-order valence-corrected chi connectivity index (χ3v) is 3.08. The molecule has 4 nitrogen and oxygen atoms in total. The number of H-pyrrole nitrogens is 1. The zero-order valence-corrected chi connectivity index (χ0v) is 11.2. The highest BCUT2D eigenvalue weighted by Crippen LogP contribution is 2.38. The molecule has 0 bridgehead atoms. The van der Waals surface area contributed by atoms with Crippen LogP contribution in [0.4, 0.5) is 5.82 Å². The third-order valence-electron chi connectivity index (χ3n) is 3.08. The first-order valence-corrected chi connectivity index (χ1v) is 6.03. The molecule has 96 valence electrons. The van der Waals surface area contributed by atoms with Crippen molar-refractivity contribution in [3.05, 3.63) is 29.3 Å². The Morgan fingerprint density at radius 2 is 2.06 bits per heavy atom. The molecule has 0 atom stereocenters. The van der Waals surface area contributed by atoms with Gasteiger partial charge in [-0.05, 0) is 24.0 Å². The number of aromatic amines is 1. The summed E-state index contributed by atoms with van der Waals surface area (Å²) in [7, 11) is 1.69. The SMILES string of the molecule is COc1c(C)ccc(C(C)C)c1-c1cc(N)n[nH]1. The van der Waals surface area contributed by atoms with E-state index < -0.39 is 0 Å². The van der Waals surface area contributed by atoms with Crippen LogP contribution in [0.2, 0.25) is 0 Å². The van der Waals surface area contributed by atoms with E-state index in [1.165, 1.54) is 5.56 Å². The Bertz CT molecular complexity index is 558. The topological polar surface area (TPSA) is 63.9 Å². The highest BCUT2D eigenvalue weighted by Gasteiger charge is 2.17. The van der Waals surface area contributed by atoms with Gasteiger partial charge in [-0.25, -0.2) is 0 Å². The maximum Gasteiger partial charge on any atom is 0.145 e. The van der Waals surface area contributed by atoms with Crippen LogP contribution in [-0.4, -0.2) is 17.3 Å². The first-order chi connectivity index (χ1) is 8.54. The second-order valence-corrected chi connectivity index (χ2v) is 4.74. The van der Waals surface area contributed by atoms with Gasteiger partial charge in [0.2, 0.25) is 0 Å². The number of aryl methyl sites for hydroxylation is 1. The average Bonchev–Trinajstić information content (AvgIpc) is 2.74. The minimum absolute atomic E-state index is 0.402. The number of anilines is 1. The van der Waals surface area contributed by atoms with E-state index >= 15 is 0 Å². The molecule has 0 amide bonds. The number of ether oxygens (including phenoxy) is 1. The molecule has 0 saturated carbocycles. The number of benzene rings is 1. The van der Waals surface area contributed by atoms with Gasteiger partial charge < -0.3 is 10.5 Å². The zero-order valence-electron chi connectivity index (χ0n) is 11.2. The minimum Gasteiger partial charge on any atom is -0.496 e. The molecule has 0 fully saturated rings. The van der Waals surface area contributed by atoms with Gasteiger partial charge in [-0.15, -0.1) is 0 Å². The first kappa shape index (κ1) is 12.5. The van der Waals surface area contributed by atoms with E-state index in [2.05, 4.69) is 36.2 Å². The Kier molecular flexibility index (Phi) is 3.28. The summed E-state index contributed by atoms with van der Waals surface area (Å²) in [6.45, 7) is 6.35. The summed E-state index contributed by atoms with van der Waals surface area (Å²) in [5.74, 6) is 1.77. The standard InChI is InChI=1S/C14H19N3O/c1-8(2)10-6-5-9(3)14(18-4)13(10)11-7-12(15)17-16-11/h5-8H,1-4H3,(H3,15,16,17). The molecular weight excluding hydrogens is 226 g/mol. The Morgan fingerprint density at radius 1 is 1.33 bits per heavy atom. The Morgan fingerprint density at radius 3 is 2.56 bits per heavy atom. The molecule has 2 rings (SSSR count). The fourth-order valence-electron chi connectivity index (χ4n) is 2.19. The predicted molar refractivity (Wildman–Crippen MR) is 73.8 cm³/mol. The van der Waals surface area contributed by atoms with E-state index in [4.69, 9.17) is 10.5 Å². The van der Waals surface area contributed by atoms with Gasteiger partial charge in [0.1, 0.15) is 11.6 Å². The molecule has 2 aromatic rings. The van der Waals surface area contributed by atoms with Crippen molar-refractivity contribution in [2.24, 2.45) is 0 Å². The van der Waals surface area contributed by atoms with Gasteiger partial charge in [-0.2, -0.15) is 5.10 Å². The van der Waals surface area contributed by atoms with Gasteiger partial charge in [0.25, 0.3) is 0 Å². The molecule has 1 aromatic carbocycles. The van der Waals surface area contributed by atoms with Gasteiger partial charge in [-0.3, -0.25) is 5.10 Å². The van der Waals surface area contributed by atoms with Crippen molar-refractivity contribution < 1.29 is 4.74 Å². The second kappa shape index (κ2) is 4.72. The van der Waals surface area contributed by atoms with E-state index in [0.717, 1.165) is 22.6 Å². The number of nitrogens with two attached hydrogens (primary N) is 1. The molecule has 1 heterocycles. The number of rotatable bonds is 3. The van der Waals surface area contributed by atoms with Crippen LogP contribution in [0.1, 0.15) is 30.9 Å². The summed E-state index contributed by atoms with van der Waals surface area (Å²) in [6, 6.07) is 6.05. The number of nitrogens with zero attached hydrogens (tertiary/aromatic N) is 1. The van der Waals surface area contributed by atoms with E-state index in [-0.39, 0.29) is 0 Å². The summed E-state index contributed by atoms with van der Waals surface area (Å²) in [5.41, 5.74) is 9.97. The van der Waals surface area contributed by atoms with Crippen molar-refractivity contribution in [3.8, 4) is 17.0 Å². The molecule has 0 aliphatic carbocycles. The molecule has 4 heteroatoms. The van der Waals surface area contributed by atoms with Crippen LogP contribution < -0.4 is 10.5 Å². The maximum absolute atomic E-state index is 5.69. The first-order valence-electron chi connectivity index (χ1n) is 6.03. The van der Waals surface area contributed by atoms with Crippen LogP contribution in [0.25, 0.3) is 11.3 Å². The van der Waals surface area contributed by atoms with E-state index in [0.29, 0.717) is 11.7 Å². The number of methoxy groups -OCH3 is 1. The quantitative estimate of drug-likeness (QED) is 0.873. The van der Waals surface area contributed by atoms with Crippen molar-refractivity contribution in [2.75, 3.05) is 12.8 Å². The monoisotopic (exact) mass is 245 g/mol. The van der Waals surface area contributed by atoms with Gasteiger partial charge >= 0.3 is 0 Å². The lowest BCUT2D eigenvalue weighted by atomic mass is 9.92. The van der Waals surface area contributed by atoms with E-state index in [1.54, 1.807) is 7.11 Å². The van der Waals surface area contributed by atoms with Crippen LogP contribution >= 0.6 is 0 Å². The van der Waals surface area contributed by atoms with Crippen molar-refractivity contribution in [1.82, 2.24) is 10.2 Å². The Balaban J connectivity index is 2.72. The second-order valence-electron chi connectivity index (χ2n) is 4.74. The van der Waals surface area contributed by atoms with Crippen molar-refractivity contribution in [2.45, 2.75) is 26.7 Å². The van der Waals surface area contributed by atoms with Gasteiger partial charge in [0.05, 0.1) is 12.8 Å². The molecule has 18 heavy (non-hydrogen) atoms. The van der Waals surface area contributed by atoms with E-state index in [9.17, 15) is 0 Å². The smallest absolute Gasteiger partial charge is 0.145 e. The highest BCUT2D eigenvalue weighted by molar-refractivity contribution is 5.75. The third kappa shape index (κ3) is 2.06. The highest BCUT2D eigenvalue weighted by atomic mass is 16.5. The van der Waals surface area contributed by atoms with Crippen molar-refractivity contribution in [3.63, 3.8) is 0 Å². The van der Waals surface area contributed by atoms with Crippen molar-refractivity contribution in [1.29, 1.82) is 0 Å². The molecule has 3 N–H and O–H groups in total. The number of aromatic nitrogens is 2.